The van der Waals surface area contributed by atoms with Gasteiger partial charge in [-0.05, 0) is 36.2 Å². The second kappa shape index (κ2) is 6.39. The van der Waals surface area contributed by atoms with Crippen molar-refractivity contribution in [3.8, 4) is 11.5 Å². The molecule has 2 rings (SSSR count). The van der Waals surface area contributed by atoms with E-state index in [1.165, 1.54) is 6.07 Å². The van der Waals surface area contributed by atoms with Crippen molar-refractivity contribution in [3.05, 3.63) is 59.4 Å². The van der Waals surface area contributed by atoms with Gasteiger partial charge in [-0.15, -0.1) is 0 Å². The number of methoxy groups -OCH3 is 1. The molecule has 0 aliphatic carbocycles. The number of hydrogen-bond donors (Lipinski definition) is 1. The predicted octanol–water partition coefficient (Wildman–Crippen LogP) is 3.22. The van der Waals surface area contributed by atoms with Crippen LogP contribution >= 0.6 is 0 Å². The summed E-state index contributed by atoms with van der Waals surface area (Å²) in [5.74, 6) is 0.986. The van der Waals surface area contributed by atoms with Crippen molar-refractivity contribution in [3.63, 3.8) is 0 Å². The fourth-order valence-corrected chi connectivity index (χ4v) is 1.80. The minimum absolute atomic E-state index is 0.273. The van der Waals surface area contributed by atoms with Gasteiger partial charge in [0, 0.05) is 6.07 Å². The number of halogens is 1. The molecule has 2 N–H and O–H groups in total. The highest BCUT2D eigenvalue weighted by molar-refractivity contribution is 5.30. The van der Waals surface area contributed by atoms with Gasteiger partial charge in [-0.1, -0.05) is 18.2 Å². The number of nitrogens with two attached hydrogens (primary N) is 1. The van der Waals surface area contributed by atoms with Gasteiger partial charge >= 0.3 is 0 Å². The highest BCUT2D eigenvalue weighted by Crippen LogP contribution is 2.19. The summed E-state index contributed by atoms with van der Waals surface area (Å²) in [7, 11) is 1.62. The second-order valence-electron chi connectivity index (χ2n) is 4.60. The largest absolute Gasteiger partial charge is 0.497 e. The molecule has 1 atom stereocenters. The molecule has 0 amide bonds. The summed E-state index contributed by atoms with van der Waals surface area (Å²) >= 11 is 0. The molecule has 0 radical (unpaired) electrons. The molecule has 20 heavy (non-hydrogen) atoms. The molecule has 0 aromatic heterocycles. The quantitative estimate of drug-likeness (QED) is 0.911. The Balaban J connectivity index is 1.96. The van der Waals surface area contributed by atoms with E-state index < -0.39 is 0 Å². The van der Waals surface area contributed by atoms with Gasteiger partial charge in [-0.3, -0.25) is 0 Å². The summed E-state index contributed by atoms with van der Waals surface area (Å²) < 4.78 is 24.0. The minimum atomic E-state index is -0.277. The first-order chi connectivity index (χ1) is 9.60. The molecule has 2 aromatic carbocycles. The van der Waals surface area contributed by atoms with Crippen molar-refractivity contribution in [2.45, 2.75) is 13.0 Å². The van der Waals surface area contributed by atoms with Gasteiger partial charge in [0.15, 0.2) is 0 Å². The lowest BCUT2D eigenvalue weighted by molar-refractivity contribution is 0.289. The zero-order valence-corrected chi connectivity index (χ0v) is 11.6. The van der Waals surface area contributed by atoms with E-state index in [4.69, 9.17) is 15.2 Å². The molecule has 4 heteroatoms. The van der Waals surface area contributed by atoms with Crippen molar-refractivity contribution in [1.82, 2.24) is 0 Å². The van der Waals surface area contributed by atoms with E-state index in [0.29, 0.717) is 11.3 Å². The van der Waals surface area contributed by atoms with E-state index in [9.17, 15) is 4.39 Å². The maximum Gasteiger partial charge on any atom is 0.129 e. The molecule has 0 saturated carbocycles. The summed E-state index contributed by atoms with van der Waals surface area (Å²) in [6.07, 6.45) is 0. The maximum atomic E-state index is 13.4. The highest BCUT2D eigenvalue weighted by Gasteiger charge is 2.08. The first-order valence-electron chi connectivity index (χ1n) is 6.38. The van der Waals surface area contributed by atoms with E-state index in [1.807, 2.05) is 24.3 Å². The first-order valence-corrected chi connectivity index (χ1v) is 6.38. The molecule has 106 valence electrons. The maximum absolute atomic E-state index is 13.4. The van der Waals surface area contributed by atoms with Crippen molar-refractivity contribution in [1.29, 1.82) is 0 Å². The average Bonchev–Trinajstić information content (AvgIpc) is 2.48. The van der Waals surface area contributed by atoms with Gasteiger partial charge in [0.05, 0.1) is 13.2 Å². The molecular weight excluding hydrogens is 257 g/mol. The third-order valence-electron chi connectivity index (χ3n) is 3.12. The number of hydrogen-bond acceptors (Lipinski definition) is 3. The van der Waals surface area contributed by atoms with Crippen molar-refractivity contribution >= 4 is 0 Å². The Kier molecular flexibility index (Phi) is 4.58. The van der Waals surface area contributed by atoms with E-state index in [2.05, 4.69) is 0 Å². The molecular formula is C16H18FNO2. The number of rotatable bonds is 5. The molecule has 0 aliphatic heterocycles. The summed E-state index contributed by atoms with van der Waals surface area (Å²) in [6.45, 7) is 2.00. The average molecular weight is 275 g/mol. The third-order valence-corrected chi connectivity index (χ3v) is 3.12. The highest BCUT2D eigenvalue weighted by atomic mass is 19.1. The SMILES string of the molecule is COc1ccc(C(N)COc2ccc(C)c(F)c2)cc1. The molecule has 0 heterocycles. The van der Waals surface area contributed by atoms with Crippen LogP contribution in [0.15, 0.2) is 42.5 Å². The van der Waals surface area contributed by atoms with Crippen LogP contribution in [0.2, 0.25) is 0 Å². The normalized spacial score (nSPS) is 12.0. The molecule has 0 fully saturated rings. The number of ether oxygens (including phenoxy) is 2. The molecule has 0 spiro atoms. The van der Waals surface area contributed by atoms with E-state index in [-0.39, 0.29) is 18.5 Å². The van der Waals surface area contributed by atoms with E-state index in [1.54, 1.807) is 26.2 Å². The Morgan fingerprint density at radius 3 is 2.35 bits per heavy atom. The molecule has 0 saturated heterocycles. The number of benzene rings is 2. The molecule has 3 nitrogen and oxygen atoms in total. The van der Waals surface area contributed by atoms with E-state index >= 15 is 0 Å². The van der Waals surface area contributed by atoms with Crippen molar-refractivity contribution < 1.29 is 13.9 Å². The molecule has 0 bridgehead atoms. The van der Waals surface area contributed by atoms with Crippen LogP contribution < -0.4 is 15.2 Å². The fourth-order valence-electron chi connectivity index (χ4n) is 1.80. The van der Waals surface area contributed by atoms with Crippen LogP contribution in [0.5, 0.6) is 11.5 Å². The van der Waals surface area contributed by atoms with Gasteiger partial charge in [0.25, 0.3) is 0 Å². The zero-order chi connectivity index (χ0) is 14.5. The van der Waals surface area contributed by atoms with Crippen LogP contribution in [-0.2, 0) is 0 Å². The summed E-state index contributed by atoms with van der Waals surface area (Å²) in [4.78, 5) is 0. The van der Waals surface area contributed by atoms with Crippen molar-refractivity contribution in [2.75, 3.05) is 13.7 Å². The Hall–Kier alpha value is -2.07. The lowest BCUT2D eigenvalue weighted by atomic mass is 10.1. The second-order valence-corrected chi connectivity index (χ2v) is 4.60. The van der Waals surface area contributed by atoms with Crippen LogP contribution in [0.3, 0.4) is 0 Å². The molecule has 2 aromatic rings. The van der Waals surface area contributed by atoms with Crippen LogP contribution in [0.25, 0.3) is 0 Å². The molecule has 1 unspecified atom stereocenters. The predicted molar refractivity (Wildman–Crippen MR) is 76.6 cm³/mol. The van der Waals surface area contributed by atoms with Crippen LogP contribution in [0, 0.1) is 12.7 Å². The van der Waals surface area contributed by atoms with Crippen LogP contribution in [0.4, 0.5) is 4.39 Å². The van der Waals surface area contributed by atoms with Crippen molar-refractivity contribution in [2.24, 2.45) is 5.73 Å². The van der Waals surface area contributed by atoms with Crippen LogP contribution in [-0.4, -0.2) is 13.7 Å². The Morgan fingerprint density at radius 1 is 1.10 bits per heavy atom. The lowest BCUT2D eigenvalue weighted by Crippen LogP contribution is -2.19. The minimum Gasteiger partial charge on any atom is -0.497 e. The zero-order valence-electron chi connectivity index (χ0n) is 11.6. The topological polar surface area (TPSA) is 44.5 Å². The number of aryl methyl sites for hydroxylation is 1. The Morgan fingerprint density at radius 2 is 1.75 bits per heavy atom. The smallest absolute Gasteiger partial charge is 0.129 e. The van der Waals surface area contributed by atoms with Gasteiger partial charge < -0.3 is 15.2 Å². The summed E-state index contributed by atoms with van der Waals surface area (Å²) in [5.41, 5.74) is 7.58. The Labute approximate surface area is 118 Å². The van der Waals surface area contributed by atoms with Gasteiger partial charge in [0.2, 0.25) is 0 Å². The monoisotopic (exact) mass is 275 g/mol. The lowest BCUT2D eigenvalue weighted by Gasteiger charge is -2.14. The summed E-state index contributed by atoms with van der Waals surface area (Å²) in [6, 6.07) is 12.0. The standard InChI is InChI=1S/C16H18FNO2/c1-11-3-6-14(9-15(11)17)20-10-16(18)12-4-7-13(19-2)8-5-12/h3-9,16H,10,18H2,1-2H3. The molecule has 0 aliphatic rings. The summed E-state index contributed by atoms with van der Waals surface area (Å²) in [5, 5.41) is 0. The van der Waals surface area contributed by atoms with Gasteiger partial charge in [0.1, 0.15) is 23.9 Å². The fraction of sp³-hybridized carbons (Fsp3) is 0.250. The van der Waals surface area contributed by atoms with Crippen LogP contribution in [0.1, 0.15) is 17.2 Å². The third kappa shape index (κ3) is 3.48. The first kappa shape index (κ1) is 14.3. The Bertz CT molecular complexity index is 569. The van der Waals surface area contributed by atoms with Gasteiger partial charge in [-0.2, -0.15) is 0 Å². The van der Waals surface area contributed by atoms with Gasteiger partial charge in [-0.25, -0.2) is 4.39 Å². The van der Waals surface area contributed by atoms with E-state index in [0.717, 1.165) is 11.3 Å².